The Kier molecular flexibility index (Phi) is 4.63. The van der Waals surface area contributed by atoms with Gasteiger partial charge in [-0.3, -0.25) is 4.79 Å². The largest absolute Gasteiger partial charge is 0.480 e. The third kappa shape index (κ3) is 3.43. The number of nitrogens with zero attached hydrogens (tertiary/aromatic N) is 4. The molecule has 27 heavy (non-hydrogen) atoms. The quantitative estimate of drug-likeness (QED) is 0.890. The zero-order valence-corrected chi connectivity index (χ0v) is 14.8. The van der Waals surface area contributed by atoms with E-state index < -0.39 is 12.0 Å². The number of amides is 1. The fraction of sp³-hybridized carbons (Fsp3) is 0.474. The van der Waals surface area contributed by atoms with Crippen molar-refractivity contribution in [2.45, 2.75) is 50.7 Å². The summed E-state index contributed by atoms with van der Waals surface area (Å²) in [5, 5.41) is 17.5. The predicted octanol–water partition coefficient (Wildman–Crippen LogP) is 2.32. The van der Waals surface area contributed by atoms with Crippen LogP contribution in [-0.4, -0.2) is 49.0 Å². The number of carboxylic acid groups (broad SMARTS) is 1. The van der Waals surface area contributed by atoms with Crippen LogP contribution in [0.25, 0.3) is 0 Å². The number of hydrogen-bond donors (Lipinski definition) is 1. The van der Waals surface area contributed by atoms with Crippen LogP contribution in [0.4, 0.5) is 4.39 Å². The van der Waals surface area contributed by atoms with Gasteiger partial charge in [0.2, 0.25) is 0 Å². The van der Waals surface area contributed by atoms with Gasteiger partial charge in [-0.15, -0.1) is 5.10 Å². The lowest BCUT2D eigenvalue weighted by Gasteiger charge is -2.32. The number of carbonyl (C=O) groups is 2. The van der Waals surface area contributed by atoms with E-state index >= 15 is 0 Å². The molecular formula is C19H21FN4O3. The van der Waals surface area contributed by atoms with Crippen LogP contribution < -0.4 is 0 Å². The number of carbonyl (C=O) groups excluding carboxylic acids is 1. The average Bonchev–Trinajstić information content (AvgIpc) is 3.26. The first-order valence-corrected chi connectivity index (χ1v) is 9.23. The Hall–Kier alpha value is -2.77. The number of hydrogen-bond acceptors (Lipinski definition) is 4. The van der Waals surface area contributed by atoms with E-state index in [0.717, 1.165) is 25.7 Å². The van der Waals surface area contributed by atoms with E-state index in [-0.39, 0.29) is 35.9 Å². The number of halogens is 1. The average molecular weight is 372 g/mol. The Balaban J connectivity index is 1.55. The van der Waals surface area contributed by atoms with Gasteiger partial charge in [0, 0.05) is 6.04 Å². The van der Waals surface area contributed by atoms with Crippen molar-refractivity contribution in [3.63, 3.8) is 0 Å². The van der Waals surface area contributed by atoms with E-state index in [1.807, 2.05) is 0 Å². The molecule has 1 N–H and O–H groups in total. The van der Waals surface area contributed by atoms with Crippen LogP contribution in [0.15, 0.2) is 30.5 Å². The SMILES string of the molecule is O=C(O)[C@@H]1C[C@H]2CCCC[C@@H]2N1C(=O)c1cn(Cc2cccc(F)c2)nn1. The monoisotopic (exact) mass is 372 g/mol. The smallest absolute Gasteiger partial charge is 0.326 e. The first-order valence-electron chi connectivity index (χ1n) is 9.23. The number of aromatic nitrogens is 3. The lowest BCUT2D eigenvalue weighted by molar-refractivity contribution is -0.141. The molecule has 3 atom stereocenters. The molecule has 0 unspecified atom stereocenters. The Bertz CT molecular complexity index is 868. The molecule has 1 aliphatic heterocycles. The third-order valence-corrected chi connectivity index (χ3v) is 5.60. The minimum Gasteiger partial charge on any atom is -0.480 e. The van der Waals surface area contributed by atoms with Crippen LogP contribution in [0.1, 0.15) is 48.2 Å². The molecule has 1 aliphatic carbocycles. The molecule has 0 spiro atoms. The van der Waals surface area contributed by atoms with Crippen molar-refractivity contribution in [2.24, 2.45) is 5.92 Å². The normalized spacial score (nSPS) is 24.6. The highest BCUT2D eigenvalue weighted by Gasteiger charge is 2.48. The van der Waals surface area contributed by atoms with Gasteiger partial charge < -0.3 is 10.0 Å². The molecule has 2 fully saturated rings. The maximum Gasteiger partial charge on any atom is 0.326 e. The van der Waals surface area contributed by atoms with Gasteiger partial charge in [-0.25, -0.2) is 13.9 Å². The van der Waals surface area contributed by atoms with Crippen molar-refractivity contribution >= 4 is 11.9 Å². The summed E-state index contributed by atoms with van der Waals surface area (Å²) in [6.07, 6.45) is 5.89. The van der Waals surface area contributed by atoms with Gasteiger partial charge >= 0.3 is 5.97 Å². The highest BCUT2D eigenvalue weighted by molar-refractivity contribution is 5.95. The molecular weight excluding hydrogens is 351 g/mol. The number of carboxylic acids is 1. The first-order chi connectivity index (χ1) is 13.0. The topological polar surface area (TPSA) is 88.3 Å². The standard InChI is InChI=1S/C19H21FN4O3/c20-14-6-3-4-12(8-14)10-23-11-15(21-22-23)18(25)24-16-7-2-1-5-13(16)9-17(24)19(26)27/h3-4,6,8,11,13,16-17H,1-2,5,7,9-10H2,(H,26,27)/t13-,16+,17+/m1/s1. The summed E-state index contributed by atoms with van der Waals surface area (Å²) in [4.78, 5) is 26.2. The second-order valence-corrected chi connectivity index (χ2v) is 7.35. The summed E-state index contributed by atoms with van der Waals surface area (Å²) in [6.45, 7) is 0.284. The Morgan fingerprint density at radius 3 is 2.85 bits per heavy atom. The number of rotatable bonds is 4. The Labute approximate surface area is 155 Å². The third-order valence-electron chi connectivity index (χ3n) is 5.60. The van der Waals surface area contributed by atoms with Crippen molar-refractivity contribution in [1.82, 2.24) is 19.9 Å². The molecule has 8 heteroatoms. The molecule has 1 saturated heterocycles. The number of benzene rings is 1. The second kappa shape index (κ2) is 7.09. The van der Waals surface area contributed by atoms with Gasteiger partial charge in [-0.1, -0.05) is 30.2 Å². The molecule has 1 saturated carbocycles. The molecule has 2 aromatic rings. The molecule has 7 nitrogen and oxygen atoms in total. The summed E-state index contributed by atoms with van der Waals surface area (Å²) in [7, 11) is 0. The van der Waals surface area contributed by atoms with Gasteiger partial charge in [-0.05, 0) is 42.9 Å². The maximum atomic E-state index is 13.3. The highest BCUT2D eigenvalue weighted by Crippen LogP contribution is 2.40. The van der Waals surface area contributed by atoms with E-state index in [4.69, 9.17) is 0 Å². The van der Waals surface area contributed by atoms with Gasteiger partial charge in [0.15, 0.2) is 5.69 Å². The zero-order chi connectivity index (χ0) is 19.0. The zero-order valence-electron chi connectivity index (χ0n) is 14.8. The second-order valence-electron chi connectivity index (χ2n) is 7.35. The van der Waals surface area contributed by atoms with Crippen LogP contribution in [0.5, 0.6) is 0 Å². The number of fused-ring (bicyclic) bond motifs is 1. The number of aliphatic carboxylic acids is 1. The van der Waals surface area contributed by atoms with E-state index in [1.54, 1.807) is 12.1 Å². The predicted molar refractivity (Wildman–Crippen MR) is 93.5 cm³/mol. The molecule has 2 aliphatic rings. The Morgan fingerprint density at radius 2 is 2.07 bits per heavy atom. The summed E-state index contributed by atoms with van der Waals surface area (Å²) in [5.41, 5.74) is 0.833. The highest BCUT2D eigenvalue weighted by atomic mass is 19.1. The van der Waals surface area contributed by atoms with E-state index in [9.17, 15) is 19.1 Å². The molecule has 4 rings (SSSR count). The van der Waals surface area contributed by atoms with Crippen molar-refractivity contribution in [3.8, 4) is 0 Å². The minimum atomic E-state index is -0.968. The molecule has 0 bridgehead atoms. The van der Waals surface area contributed by atoms with Gasteiger partial charge in [0.1, 0.15) is 11.9 Å². The molecule has 1 amide bonds. The summed E-state index contributed by atoms with van der Waals surface area (Å²) in [6, 6.07) is 5.29. The van der Waals surface area contributed by atoms with E-state index in [1.165, 1.54) is 27.9 Å². The fourth-order valence-corrected chi connectivity index (χ4v) is 4.40. The van der Waals surface area contributed by atoms with Crippen molar-refractivity contribution in [3.05, 3.63) is 47.5 Å². The molecule has 1 aromatic heterocycles. The van der Waals surface area contributed by atoms with Gasteiger partial charge in [0.05, 0.1) is 12.7 Å². The number of likely N-dealkylation sites (tertiary alicyclic amines) is 1. The lowest BCUT2D eigenvalue weighted by atomic mass is 9.84. The molecule has 0 radical (unpaired) electrons. The van der Waals surface area contributed by atoms with Crippen molar-refractivity contribution < 1.29 is 19.1 Å². The Morgan fingerprint density at radius 1 is 1.26 bits per heavy atom. The van der Waals surface area contributed by atoms with Crippen LogP contribution in [0, 0.1) is 11.7 Å². The fourth-order valence-electron chi connectivity index (χ4n) is 4.40. The van der Waals surface area contributed by atoms with Crippen LogP contribution >= 0.6 is 0 Å². The first kappa shape index (κ1) is 17.6. The summed E-state index contributed by atoms with van der Waals surface area (Å²) >= 11 is 0. The van der Waals surface area contributed by atoms with Crippen molar-refractivity contribution in [2.75, 3.05) is 0 Å². The van der Waals surface area contributed by atoms with E-state index in [2.05, 4.69) is 10.3 Å². The van der Waals surface area contributed by atoms with Crippen molar-refractivity contribution in [1.29, 1.82) is 0 Å². The molecule has 2 heterocycles. The minimum absolute atomic E-state index is 0.0410. The summed E-state index contributed by atoms with van der Waals surface area (Å²) in [5.74, 6) is -1.45. The molecule has 1 aromatic carbocycles. The van der Waals surface area contributed by atoms with E-state index in [0.29, 0.717) is 12.0 Å². The summed E-state index contributed by atoms with van der Waals surface area (Å²) < 4.78 is 14.8. The molecule has 142 valence electrons. The van der Waals surface area contributed by atoms with Crippen LogP contribution in [-0.2, 0) is 11.3 Å². The van der Waals surface area contributed by atoms with Crippen LogP contribution in [0.3, 0.4) is 0 Å². The van der Waals surface area contributed by atoms with Gasteiger partial charge in [0.25, 0.3) is 5.91 Å². The maximum absolute atomic E-state index is 13.3. The van der Waals surface area contributed by atoms with Crippen LogP contribution in [0.2, 0.25) is 0 Å². The lowest BCUT2D eigenvalue weighted by Crippen LogP contribution is -2.46. The van der Waals surface area contributed by atoms with Gasteiger partial charge in [-0.2, -0.15) is 0 Å².